The maximum atomic E-state index is 11.3. The van der Waals surface area contributed by atoms with Crippen molar-refractivity contribution in [2.24, 2.45) is 0 Å². The molecule has 0 saturated heterocycles. The smallest absolute Gasteiger partial charge is 0.243 e. The van der Waals surface area contributed by atoms with E-state index in [1.54, 1.807) is 6.20 Å². The molecule has 0 aromatic carbocycles. The third-order valence-corrected chi connectivity index (χ3v) is 3.00. The van der Waals surface area contributed by atoms with Gasteiger partial charge < -0.3 is 10.1 Å². The highest BCUT2D eigenvalue weighted by molar-refractivity contribution is 5.87. The molecule has 0 radical (unpaired) electrons. The van der Waals surface area contributed by atoms with E-state index >= 15 is 0 Å². The molecule has 1 aliphatic carbocycles. The Kier molecular flexibility index (Phi) is 3.58. The second-order valence-corrected chi connectivity index (χ2v) is 4.03. The molecule has 1 aliphatic rings. The number of aromatic nitrogens is 2. The van der Waals surface area contributed by atoms with Gasteiger partial charge in [-0.25, -0.2) is 0 Å². The van der Waals surface area contributed by atoms with Gasteiger partial charge in [0, 0.05) is 19.0 Å². The highest BCUT2D eigenvalue weighted by atomic mass is 16.5. The van der Waals surface area contributed by atoms with Gasteiger partial charge in [0.25, 0.3) is 0 Å². The van der Waals surface area contributed by atoms with Crippen molar-refractivity contribution in [1.29, 1.82) is 0 Å². The summed E-state index contributed by atoms with van der Waals surface area (Å²) in [6, 6.07) is 2.01. The summed E-state index contributed by atoms with van der Waals surface area (Å²) in [5.74, 6) is -0.151. The maximum Gasteiger partial charge on any atom is 0.243 e. The van der Waals surface area contributed by atoms with E-state index in [1.165, 1.54) is 6.08 Å². The Morgan fingerprint density at radius 2 is 2.59 bits per heavy atom. The summed E-state index contributed by atoms with van der Waals surface area (Å²) in [5.41, 5.74) is 0. The largest absolute Gasteiger partial charge is 0.376 e. The van der Waals surface area contributed by atoms with Crippen LogP contribution in [0.15, 0.2) is 31.1 Å². The van der Waals surface area contributed by atoms with E-state index in [0.717, 1.165) is 6.42 Å². The number of nitrogens with one attached hydrogen (secondary N) is 1. The summed E-state index contributed by atoms with van der Waals surface area (Å²) in [5, 5.41) is 7.11. The lowest BCUT2D eigenvalue weighted by molar-refractivity contribution is -0.121. The minimum atomic E-state index is -0.151. The van der Waals surface area contributed by atoms with E-state index in [2.05, 4.69) is 17.0 Å². The second-order valence-electron chi connectivity index (χ2n) is 4.03. The summed E-state index contributed by atoms with van der Waals surface area (Å²) < 4.78 is 7.47. The molecule has 0 aliphatic heterocycles. The minimum absolute atomic E-state index is 0.0666. The average molecular weight is 235 g/mol. The fourth-order valence-corrected chi connectivity index (χ4v) is 2.17. The summed E-state index contributed by atoms with van der Waals surface area (Å²) in [7, 11) is 0. The minimum Gasteiger partial charge on any atom is -0.376 e. The zero-order valence-electron chi connectivity index (χ0n) is 9.87. The van der Waals surface area contributed by atoms with E-state index in [-0.39, 0.29) is 24.1 Å². The van der Waals surface area contributed by atoms with Crippen LogP contribution in [-0.2, 0) is 9.53 Å². The Labute approximate surface area is 100 Å². The Hall–Kier alpha value is -1.62. The van der Waals surface area contributed by atoms with Crippen molar-refractivity contribution in [2.75, 3.05) is 6.61 Å². The topological polar surface area (TPSA) is 56.1 Å². The Bertz CT molecular complexity index is 388. The van der Waals surface area contributed by atoms with Gasteiger partial charge in [0.1, 0.15) is 0 Å². The van der Waals surface area contributed by atoms with E-state index in [4.69, 9.17) is 4.74 Å². The molecule has 1 N–H and O–H groups in total. The van der Waals surface area contributed by atoms with Crippen LogP contribution in [0.2, 0.25) is 0 Å². The number of ether oxygens (including phenoxy) is 1. The van der Waals surface area contributed by atoms with Crippen molar-refractivity contribution < 1.29 is 9.53 Å². The summed E-state index contributed by atoms with van der Waals surface area (Å²) >= 11 is 0. The van der Waals surface area contributed by atoms with Gasteiger partial charge in [0.05, 0.1) is 18.2 Å². The SMILES string of the molecule is C=CC(=O)NC1CC(OCC)C1n1cccn1. The number of rotatable bonds is 5. The van der Waals surface area contributed by atoms with Crippen LogP contribution in [0.25, 0.3) is 0 Å². The zero-order chi connectivity index (χ0) is 12.3. The molecular formula is C12H17N3O2. The molecule has 1 fully saturated rings. The van der Waals surface area contributed by atoms with Gasteiger partial charge >= 0.3 is 0 Å². The zero-order valence-corrected chi connectivity index (χ0v) is 9.87. The number of nitrogens with zero attached hydrogens (tertiary/aromatic N) is 2. The van der Waals surface area contributed by atoms with Crippen molar-refractivity contribution in [2.45, 2.75) is 31.5 Å². The standard InChI is InChI=1S/C12H17N3O2/c1-3-11(16)14-9-8-10(17-4-2)12(9)15-7-5-6-13-15/h3,5-7,9-10,12H,1,4,8H2,2H3,(H,14,16). The molecule has 17 heavy (non-hydrogen) atoms. The summed E-state index contributed by atoms with van der Waals surface area (Å²) in [4.78, 5) is 11.3. The monoisotopic (exact) mass is 235 g/mol. The molecule has 3 atom stereocenters. The third kappa shape index (κ3) is 2.39. The van der Waals surface area contributed by atoms with Crippen LogP contribution in [0.3, 0.4) is 0 Å². The fourth-order valence-electron chi connectivity index (χ4n) is 2.17. The van der Waals surface area contributed by atoms with Crippen LogP contribution >= 0.6 is 0 Å². The van der Waals surface area contributed by atoms with Gasteiger partial charge in [-0.3, -0.25) is 9.48 Å². The van der Waals surface area contributed by atoms with Gasteiger partial charge in [0.15, 0.2) is 0 Å². The molecule has 3 unspecified atom stereocenters. The molecule has 1 amide bonds. The van der Waals surface area contributed by atoms with Crippen molar-refractivity contribution in [3.05, 3.63) is 31.1 Å². The lowest BCUT2D eigenvalue weighted by Gasteiger charge is -2.44. The first-order chi connectivity index (χ1) is 8.26. The first-order valence-electron chi connectivity index (χ1n) is 5.80. The van der Waals surface area contributed by atoms with Gasteiger partial charge in [-0.05, 0) is 25.5 Å². The Morgan fingerprint density at radius 1 is 1.76 bits per heavy atom. The summed E-state index contributed by atoms with van der Waals surface area (Å²) in [6.07, 6.45) is 5.85. The number of hydrogen-bond acceptors (Lipinski definition) is 3. The lowest BCUT2D eigenvalue weighted by atomic mass is 9.82. The molecule has 0 bridgehead atoms. The van der Waals surface area contributed by atoms with Crippen LogP contribution in [-0.4, -0.2) is 34.4 Å². The fraction of sp³-hybridized carbons (Fsp3) is 0.500. The van der Waals surface area contributed by atoms with E-state index in [1.807, 2.05) is 23.9 Å². The molecule has 2 rings (SSSR count). The molecule has 5 heteroatoms. The van der Waals surface area contributed by atoms with Crippen LogP contribution < -0.4 is 5.32 Å². The second kappa shape index (κ2) is 5.14. The first kappa shape index (κ1) is 11.9. The van der Waals surface area contributed by atoms with Crippen LogP contribution in [0.4, 0.5) is 0 Å². The van der Waals surface area contributed by atoms with Gasteiger partial charge in [-0.15, -0.1) is 0 Å². The number of hydrogen-bond donors (Lipinski definition) is 1. The van der Waals surface area contributed by atoms with Crippen molar-refractivity contribution in [1.82, 2.24) is 15.1 Å². The molecule has 5 nitrogen and oxygen atoms in total. The van der Waals surface area contributed by atoms with E-state index < -0.39 is 0 Å². The van der Waals surface area contributed by atoms with Crippen LogP contribution in [0.5, 0.6) is 0 Å². The maximum absolute atomic E-state index is 11.3. The van der Waals surface area contributed by atoms with Gasteiger partial charge in [-0.2, -0.15) is 5.10 Å². The molecule has 1 aromatic heterocycles. The summed E-state index contributed by atoms with van der Waals surface area (Å²) in [6.45, 7) is 6.09. The highest BCUT2D eigenvalue weighted by Gasteiger charge is 2.44. The predicted molar refractivity (Wildman–Crippen MR) is 63.4 cm³/mol. The van der Waals surface area contributed by atoms with E-state index in [0.29, 0.717) is 6.61 Å². The first-order valence-corrected chi connectivity index (χ1v) is 5.80. The molecule has 92 valence electrons. The molecule has 1 heterocycles. The van der Waals surface area contributed by atoms with Crippen molar-refractivity contribution in [3.8, 4) is 0 Å². The molecular weight excluding hydrogens is 218 g/mol. The van der Waals surface area contributed by atoms with Crippen molar-refractivity contribution in [3.63, 3.8) is 0 Å². The predicted octanol–water partition coefficient (Wildman–Crippen LogP) is 0.904. The van der Waals surface area contributed by atoms with Gasteiger partial charge in [-0.1, -0.05) is 6.58 Å². The normalized spacial score (nSPS) is 27.2. The molecule has 1 saturated carbocycles. The van der Waals surface area contributed by atoms with Crippen LogP contribution in [0.1, 0.15) is 19.4 Å². The number of carbonyl (C=O) groups excluding carboxylic acids is 1. The number of carbonyl (C=O) groups is 1. The third-order valence-electron chi connectivity index (χ3n) is 3.00. The Balaban J connectivity index is 2.04. The van der Waals surface area contributed by atoms with Crippen molar-refractivity contribution >= 4 is 5.91 Å². The van der Waals surface area contributed by atoms with E-state index in [9.17, 15) is 4.79 Å². The molecule has 0 spiro atoms. The van der Waals surface area contributed by atoms with Gasteiger partial charge in [0.2, 0.25) is 5.91 Å². The highest BCUT2D eigenvalue weighted by Crippen LogP contribution is 2.34. The Morgan fingerprint density at radius 3 is 3.18 bits per heavy atom. The molecule has 1 aromatic rings. The quantitative estimate of drug-likeness (QED) is 0.772. The lowest BCUT2D eigenvalue weighted by Crippen LogP contribution is -2.56. The van der Waals surface area contributed by atoms with Crippen LogP contribution in [0, 0.1) is 0 Å². The average Bonchev–Trinajstić information content (AvgIpc) is 2.80. The number of amides is 1.